The minimum absolute atomic E-state index is 0.122. The summed E-state index contributed by atoms with van der Waals surface area (Å²) in [5.74, 6) is -1.95. The first-order valence-electron chi connectivity index (χ1n) is 13.7. The van der Waals surface area contributed by atoms with Crippen molar-refractivity contribution in [2.75, 3.05) is 0 Å². The van der Waals surface area contributed by atoms with Gasteiger partial charge in [-0.3, -0.25) is 14.4 Å². The van der Waals surface area contributed by atoms with Gasteiger partial charge >= 0.3 is 5.97 Å². The van der Waals surface area contributed by atoms with Gasteiger partial charge in [-0.1, -0.05) is 69.3 Å². The largest absolute Gasteiger partial charge is 0.480 e. The van der Waals surface area contributed by atoms with E-state index in [1.165, 1.54) is 30.4 Å². The van der Waals surface area contributed by atoms with Gasteiger partial charge in [-0.15, -0.1) is 11.3 Å². The number of carbonyl (C=O) groups is 3. The molecule has 0 fully saturated rings. The number of carboxylic acid groups (broad SMARTS) is 1. The van der Waals surface area contributed by atoms with E-state index < -0.39 is 29.9 Å². The fourth-order valence-corrected chi connectivity index (χ4v) is 5.01. The Hall–Kier alpha value is -4.70. The number of hydrogen-bond acceptors (Lipinski definition) is 6. The molecular formula is C33H33FN4O4S. The molecule has 0 aliphatic heterocycles. The molecule has 4 rings (SSSR count). The number of carbonyl (C=O) groups excluding carboxylic acids is 2. The highest BCUT2D eigenvalue weighted by atomic mass is 32.1. The SMILES string of the molecule is C[C@@H](NC(=O)[C@H](Cc1ccc(-c2ncc(/C=C/c3ccc(F)cc3)cn2)cc1)NC(=O)c1ccc(C(C)(C)C)s1)C(=O)O. The molecular weight excluding hydrogens is 567 g/mol. The number of benzene rings is 2. The molecule has 2 atom stereocenters. The number of hydrogen-bond donors (Lipinski definition) is 3. The molecule has 0 radical (unpaired) electrons. The lowest BCUT2D eigenvalue weighted by Gasteiger charge is -2.20. The smallest absolute Gasteiger partial charge is 0.325 e. The Bertz CT molecular complexity index is 1610. The van der Waals surface area contributed by atoms with E-state index >= 15 is 0 Å². The Morgan fingerprint density at radius 3 is 2.12 bits per heavy atom. The van der Waals surface area contributed by atoms with Crippen LogP contribution in [-0.2, 0) is 21.4 Å². The summed E-state index contributed by atoms with van der Waals surface area (Å²) in [4.78, 5) is 47.8. The topological polar surface area (TPSA) is 121 Å². The monoisotopic (exact) mass is 600 g/mol. The molecule has 10 heteroatoms. The highest BCUT2D eigenvalue weighted by Crippen LogP contribution is 2.29. The van der Waals surface area contributed by atoms with Crippen molar-refractivity contribution in [3.05, 3.63) is 105 Å². The molecule has 222 valence electrons. The first-order valence-corrected chi connectivity index (χ1v) is 14.5. The molecule has 43 heavy (non-hydrogen) atoms. The van der Waals surface area contributed by atoms with Gasteiger partial charge in [0.05, 0.1) is 4.88 Å². The van der Waals surface area contributed by atoms with Crippen molar-refractivity contribution in [3.63, 3.8) is 0 Å². The zero-order valence-corrected chi connectivity index (χ0v) is 25.1. The van der Waals surface area contributed by atoms with Gasteiger partial charge in [0.15, 0.2) is 5.82 Å². The Kier molecular flexibility index (Phi) is 9.82. The van der Waals surface area contributed by atoms with Crippen LogP contribution in [0.1, 0.15) is 58.9 Å². The molecule has 2 amide bonds. The van der Waals surface area contributed by atoms with Gasteiger partial charge in [0.2, 0.25) is 5.91 Å². The van der Waals surface area contributed by atoms with E-state index in [1.807, 2.05) is 42.5 Å². The third-order valence-electron chi connectivity index (χ3n) is 6.58. The van der Waals surface area contributed by atoms with Crippen LogP contribution in [0.15, 0.2) is 73.1 Å². The maximum Gasteiger partial charge on any atom is 0.325 e. The summed E-state index contributed by atoms with van der Waals surface area (Å²) < 4.78 is 13.1. The summed E-state index contributed by atoms with van der Waals surface area (Å²) in [6, 6.07) is 15.0. The zero-order chi connectivity index (χ0) is 31.1. The number of nitrogens with one attached hydrogen (secondary N) is 2. The number of aliphatic carboxylic acids is 1. The van der Waals surface area contributed by atoms with E-state index in [9.17, 15) is 23.9 Å². The van der Waals surface area contributed by atoms with Crippen molar-refractivity contribution in [3.8, 4) is 11.4 Å². The van der Waals surface area contributed by atoms with Crippen LogP contribution in [0.2, 0.25) is 0 Å². The summed E-state index contributed by atoms with van der Waals surface area (Å²) in [6.45, 7) is 7.54. The van der Waals surface area contributed by atoms with Crippen molar-refractivity contribution in [1.29, 1.82) is 0 Å². The molecule has 0 bridgehead atoms. The predicted octanol–water partition coefficient (Wildman–Crippen LogP) is 5.74. The summed E-state index contributed by atoms with van der Waals surface area (Å²) in [6.07, 6.45) is 7.20. The van der Waals surface area contributed by atoms with E-state index in [-0.39, 0.29) is 17.7 Å². The van der Waals surface area contributed by atoms with Crippen molar-refractivity contribution in [2.45, 2.75) is 51.6 Å². The zero-order valence-electron chi connectivity index (χ0n) is 24.3. The Labute approximate surface area is 253 Å². The minimum Gasteiger partial charge on any atom is -0.480 e. The third kappa shape index (κ3) is 8.65. The Morgan fingerprint density at radius 2 is 1.53 bits per heavy atom. The molecule has 0 unspecified atom stereocenters. The highest BCUT2D eigenvalue weighted by Gasteiger charge is 2.26. The minimum atomic E-state index is -1.17. The van der Waals surface area contributed by atoms with E-state index in [0.717, 1.165) is 27.1 Å². The molecule has 3 N–H and O–H groups in total. The molecule has 2 heterocycles. The quantitative estimate of drug-likeness (QED) is 0.213. The Morgan fingerprint density at radius 1 is 0.907 bits per heavy atom. The van der Waals surface area contributed by atoms with Crippen LogP contribution in [0.25, 0.3) is 23.5 Å². The second-order valence-electron chi connectivity index (χ2n) is 11.1. The third-order valence-corrected chi connectivity index (χ3v) is 8.09. The van der Waals surface area contributed by atoms with Gasteiger partial charge in [-0.25, -0.2) is 14.4 Å². The van der Waals surface area contributed by atoms with Crippen LogP contribution in [0.4, 0.5) is 4.39 Å². The molecule has 0 saturated carbocycles. The average Bonchev–Trinajstić information content (AvgIpc) is 3.49. The molecule has 2 aromatic carbocycles. The van der Waals surface area contributed by atoms with E-state index in [0.29, 0.717) is 10.7 Å². The van der Waals surface area contributed by atoms with Crippen LogP contribution in [0.3, 0.4) is 0 Å². The van der Waals surface area contributed by atoms with Gasteiger partial charge in [0.25, 0.3) is 5.91 Å². The number of aromatic nitrogens is 2. The van der Waals surface area contributed by atoms with Gasteiger partial charge < -0.3 is 15.7 Å². The normalized spacial score (nSPS) is 13.0. The first-order chi connectivity index (χ1) is 20.4. The van der Waals surface area contributed by atoms with Gasteiger partial charge in [0, 0.05) is 34.8 Å². The molecule has 0 aliphatic rings. The molecule has 8 nitrogen and oxygen atoms in total. The Balaban J connectivity index is 1.46. The number of carboxylic acids is 1. The number of nitrogens with zero attached hydrogens (tertiary/aromatic N) is 2. The van der Waals surface area contributed by atoms with Crippen molar-refractivity contribution in [1.82, 2.24) is 20.6 Å². The second-order valence-corrected chi connectivity index (χ2v) is 12.2. The lowest BCUT2D eigenvalue weighted by atomic mass is 9.95. The van der Waals surface area contributed by atoms with Crippen molar-refractivity contribution < 1.29 is 23.9 Å². The number of amides is 2. The van der Waals surface area contributed by atoms with Crippen molar-refractivity contribution >= 4 is 41.3 Å². The maximum atomic E-state index is 13.1. The van der Waals surface area contributed by atoms with Gasteiger partial charge in [-0.05, 0) is 47.7 Å². The average molecular weight is 601 g/mol. The standard InChI is InChI=1S/C33H33FN4O4S/c1-20(32(41)42)37-30(39)26(38-31(40)27-15-16-28(43-27)33(2,3)4)17-22-7-11-24(12-8-22)29-35-18-23(19-36-29)6-5-21-9-13-25(34)14-10-21/h5-16,18-20,26H,17H2,1-4H3,(H,37,39)(H,38,40)(H,41,42)/b6-5+/t20-,26+/m1/s1. The predicted molar refractivity (Wildman–Crippen MR) is 166 cm³/mol. The maximum absolute atomic E-state index is 13.1. The fraction of sp³-hybridized carbons (Fsp3) is 0.242. The van der Waals surface area contributed by atoms with Crippen LogP contribution < -0.4 is 10.6 Å². The summed E-state index contributed by atoms with van der Waals surface area (Å²) in [7, 11) is 0. The van der Waals surface area contributed by atoms with Gasteiger partial charge in [0.1, 0.15) is 17.9 Å². The first kappa shape index (κ1) is 31.2. The molecule has 4 aromatic rings. The number of rotatable bonds is 10. The number of halogens is 1. The molecule has 0 aliphatic carbocycles. The van der Waals surface area contributed by atoms with Crippen LogP contribution in [-0.4, -0.2) is 44.9 Å². The highest BCUT2D eigenvalue weighted by molar-refractivity contribution is 7.14. The molecule has 2 aromatic heterocycles. The summed E-state index contributed by atoms with van der Waals surface area (Å²) in [5.41, 5.74) is 3.03. The fourth-order valence-electron chi connectivity index (χ4n) is 4.04. The number of thiophene rings is 1. The van der Waals surface area contributed by atoms with E-state index in [2.05, 4.69) is 41.4 Å². The summed E-state index contributed by atoms with van der Waals surface area (Å²) in [5, 5.41) is 14.5. The summed E-state index contributed by atoms with van der Waals surface area (Å²) >= 11 is 1.36. The molecule has 0 saturated heterocycles. The van der Waals surface area contributed by atoms with Crippen LogP contribution in [0, 0.1) is 5.82 Å². The lowest BCUT2D eigenvalue weighted by Crippen LogP contribution is -2.51. The van der Waals surface area contributed by atoms with Crippen molar-refractivity contribution in [2.24, 2.45) is 0 Å². The van der Waals surface area contributed by atoms with Gasteiger partial charge in [-0.2, -0.15) is 0 Å². The van der Waals surface area contributed by atoms with E-state index in [4.69, 9.17) is 0 Å². The molecule has 0 spiro atoms. The van der Waals surface area contributed by atoms with Crippen LogP contribution >= 0.6 is 11.3 Å². The second kappa shape index (κ2) is 13.5. The van der Waals surface area contributed by atoms with E-state index in [1.54, 1.807) is 30.6 Å². The lowest BCUT2D eigenvalue weighted by molar-refractivity contribution is -0.141. The van der Waals surface area contributed by atoms with Crippen LogP contribution in [0.5, 0.6) is 0 Å².